The normalized spacial score (nSPS) is 10.4. The van der Waals surface area contributed by atoms with Crippen LogP contribution in [0.15, 0.2) is 48.5 Å². The zero-order valence-electron chi connectivity index (χ0n) is 13.1. The van der Waals surface area contributed by atoms with E-state index < -0.39 is 5.91 Å². The van der Waals surface area contributed by atoms with Crippen LogP contribution < -0.4 is 16.2 Å². The maximum Gasteiger partial charge on any atom is 0.290 e. The van der Waals surface area contributed by atoms with Crippen LogP contribution in [-0.4, -0.2) is 28.6 Å². The lowest BCUT2D eigenvalue weighted by Crippen LogP contribution is -2.44. The van der Waals surface area contributed by atoms with Crippen LogP contribution >= 0.6 is 0 Å². The topological polar surface area (TPSA) is 98.9 Å². The van der Waals surface area contributed by atoms with E-state index in [2.05, 4.69) is 26.4 Å². The summed E-state index contributed by atoms with van der Waals surface area (Å²) in [5.74, 6) is -0.833. The van der Waals surface area contributed by atoms with Gasteiger partial charge in [0.2, 0.25) is 0 Å². The highest BCUT2D eigenvalue weighted by atomic mass is 16.2. The molecule has 0 atom stereocenters. The molecule has 0 radical (unpaired) electrons. The molecule has 7 heteroatoms. The fourth-order valence-corrected chi connectivity index (χ4v) is 2.22. The highest BCUT2D eigenvalue weighted by Gasteiger charge is 2.14. The SMILES string of the molecule is Cc1ccc(NCC(=O)NNC(=O)c2n[nH]c3ccccc23)cc1. The average molecular weight is 323 g/mol. The lowest BCUT2D eigenvalue weighted by molar-refractivity contribution is -0.120. The van der Waals surface area contributed by atoms with E-state index >= 15 is 0 Å². The van der Waals surface area contributed by atoms with Crippen molar-refractivity contribution in [3.8, 4) is 0 Å². The van der Waals surface area contributed by atoms with Gasteiger partial charge in [-0.2, -0.15) is 5.10 Å². The van der Waals surface area contributed by atoms with Gasteiger partial charge in [0.15, 0.2) is 5.69 Å². The van der Waals surface area contributed by atoms with Crippen molar-refractivity contribution in [1.29, 1.82) is 0 Å². The zero-order chi connectivity index (χ0) is 16.9. The number of fused-ring (bicyclic) bond motifs is 1. The number of carbonyl (C=O) groups excluding carboxylic acids is 2. The van der Waals surface area contributed by atoms with Crippen molar-refractivity contribution in [2.45, 2.75) is 6.92 Å². The minimum Gasteiger partial charge on any atom is -0.376 e. The van der Waals surface area contributed by atoms with Gasteiger partial charge in [0.05, 0.1) is 12.1 Å². The summed E-state index contributed by atoms with van der Waals surface area (Å²) in [5, 5.41) is 10.4. The lowest BCUT2D eigenvalue weighted by atomic mass is 10.2. The second-order valence-electron chi connectivity index (χ2n) is 5.34. The first kappa shape index (κ1) is 15.5. The molecule has 4 N–H and O–H groups in total. The summed E-state index contributed by atoms with van der Waals surface area (Å²) >= 11 is 0. The second kappa shape index (κ2) is 6.82. The van der Waals surface area contributed by atoms with E-state index in [1.54, 1.807) is 6.07 Å². The lowest BCUT2D eigenvalue weighted by Gasteiger charge is -2.08. The minimum atomic E-state index is -0.476. The van der Waals surface area contributed by atoms with Crippen LogP contribution in [0.1, 0.15) is 16.1 Å². The molecule has 0 saturated heterocycles. The molecule has 0 fully saturated rings. The third-order valence-electron chi connectivity index (χ3n) is 3.51. The minimum absolute atomic E-state index is 0.0463. The first-order valence-corrected chi connectivity index (χ1v) is 7.46. The molecule has 0 spiro atoms. The van der Waals surface area contributed by atoms with Gasteiger partial charge in [0.1, 0.15) is 0 Å². The Balaban J connectivity index is 1.52. The number of benzene rings is 2. The number of carbonyl (C=O) groups is 2. The first-order valence-electron chi connectivity index (χ1n) is 7.46. The number of anilines is 1. The molecule has 0 bridgehead atoms. The standard InChI is InChI=1S/C17H17N5O2/c1-11-6-8-12(9-7-11)18-10-15(23)20-22-17(24)16-13-4-2-3-5-14(13)19-21-16/h2-9,18H,10H2,1H3,(H,19,21)(H,20,23)(H,22,24). The smallest absolute Gasteiger partial charge is 0.290 e. The van der Waals surface area contributed by atoms with Crippen molar-refractivity contribution in [3.05, 3.63) is 59.8 Å². The Bertz CT molecular complexity index is 870. The van der Waals surface area contributed by atoms with Crippen LogP contribution in [0.2, 0.25) is 0 Å². The molecule has 0 aliphatic carbocycles. The molecule has 0 unspecified atom stereocenters. The predicted molar refractivity (Wildman–Crippen MR) is 91.4 cm³/mol. The number of nitrogens with zero attached hydrogens (tertiary/aromatic N) is 1. The van der Waals surface area contributed by atoms with Crippen molar-refractivity contribution in [2.24, 2.45) is 0 Å². The number of aryl methyl sites for hydroxylation is 1. The Morgan fingerprint density at radius 3 is 2.58 bits per heavy atom. The maximum absolute atomic E-state index is 12.1. The quantitative estimate of drug-likeness (QED) is 0.550. The number of aromatic amines is 1. The van der Waals surface area contributed by atoms with E-state index in [1.807, 2.05) is 49.4 Å². The summed E-state index contributed by atoms with van der Waals surface area (Å²) in [6.45, 7) is 2.04. The van der Waals surface area contributed by atoms with E-state index in [0.29, 0.717) is 5.39 Å². The van der Waals surface area contributed by atoms with E-state index in [-0.39, 0.29) is 18.1 Å². The fraction of sp³-hybridized carbons (Fsp3) is 0.118. The predicted octanol–water partition coefficient (Wildman–Crippen LogP) is 1.74. The first-order chi connectivity index (χ1) is 11.6. The van der Waals surface area contributed by atoms with Crippen LogP contribution in [0.4, 0.5) is 5.69 Å². The number of H-pyrrole nitrogens is 1. The molecule has 0 aliphatic heterocycles. The van der Waals surface area contributed by atoms with Crippen LogP contribution in [0.25, 0.3) is 10.9 Å². The van der Waals surface area contributed by atoms with E-state index in [0.717, 1.165) is 16.8 Å². The number of amides is 2. The van der Waals surface area contributed by atoms with Crippen molar-refractivity contribution in [2.75, 3.05) is 11.9 Å². The van der Waals surface area contributed by atoms with Crippen LogP contribution in [0.3, 0.4) is 0 Å². The molecule has 0 aliphatic rings. The molecule has 2 amide bonds. The molecular formula is C17H17N5O2. The number of hydrogen-bond donors (Lipinski definition) is 4. The number of nitrogens with one attached hydrogen (secondary N) is 4. The highest BCUT2D eigenvalue weighted by Crippen LogP contribution is 2.14. The Labute approximate surface area is 138 Å². The molecule has 0 saturated carbocycles. The third kappa shape index (κ3) is 3.52. The number of hydrazine groups is 1. The van der Waals surface area contributed by atoms with Gasteiger partial charge in [0, 0.05) is 11.1 Å². The molecular weight excluding hydrogens is 306 g/mol. The van der Waals surface area contributed by atoms with Crippen molar-refractivity contribution >= 4 is 28.4 Å². The fourth-order valence-electron chi connectivity index (χ4n) is 2.22. The Hall–Kier alpha value is -3.35. The van der Waals surface area contributed by atoms with Crippen molar-refractivity contribution in [3.63, 3.8) is 0 Å². The summed E-state index contributed by atoms with van der Waals surface area (Å²) < 4.78 is 0. The summed E-state index contributed by atoms with van der Waals surface area (Å²) in [6, 6.07) is 14.9. The number of rotatable bonds is 4. The van der Waals surface area contributed by atoms with Crippen molar-refractivity contribution in [1.82, 2.24) is 21.0 Å². The summed E-state index contributed by atoms with van der Waals surface area (Å²) in [4.78, 5) is 23.9. The van der Waals surface area contributed by atoms with Gasteiger partial charge in [0.25, 0.3) is 11.8 Å². The van der Waals surface area contributed by atoms with Gasteiger partial charge in [-0.25, -0.2) is 0 Å². The molecule has 3 rings (SSSR count). The highest BCUT2D eigenvalue weighted by molar-refractivity contribution is 6.05. The van der Waals surface area contributed by atoms with Gasteiger partial charge in [-0.15, -0.1) is 0 Å². The average Bonchev–Trinajstić information content (AvgIpc) is 3.03. The van der Waals surface area contributed by atoms with Gasteiger partial charge >= 0.3 is 0 Å². The Kier molecular flexibility index (Phi) is 4.42. The van der Waals surface area contributed by atoms with Crippen LogP contribution in [0.5, 0.6) is 0 Å². The molecule has 2 aromatic carbocycles. The van der Waals surface area contributed by atoms with Crippen molar-refractivity contribution < 1.29 is 9.59 Å². The van der Waals surface area contributed by atoms with Gasteiger partial charge in [-0.1, -0.05) is 35.9 Å². The number of aromatic nitrogens is 2. The molecule has 24 heavy (non-hydrogen) atoms. The monoisotopic (exact) mass is 323 g/mol. The number of hydrogen-bond acceptors (Lipinski definition) is 4. The van der Waals surface area contributed by atoms with Crippen LogP contribution in [-0.2, 0) is 4.79 Å². The number of para-hydroxylation sites is 1. The van der Waals surface area contributed by atoms with E-state index in [1.165, 1.54) is 0 Å². The third-order valence-corrected chi connectivity index (χ3v) is 3.51. The summed E-state index contributed by atoms with van der Waals surface area (Å²) in [6.07, 6.45) is 0. The van der Waals surface area contributed by atoms with Gasteiger partial charge < -0.3 is 5.32 Å². The summed E-state index contributed by atoms with van der Waals surface area (Å²) in [5.41, 5.74) is 7.69. The molecule has 1 heterocycles. The molecule has 1 aromatic heterocycles. The molecule has 3 aromatic rings. The molecule has 122 valence electrons. The van der Waals surface area contributed by atoms with E-state index in [9.17, 15) is 9.59 Å². The van der Waals surface area contributed by atoms with Gasteiger partial charge in [-0.3, -0.25) is 25.5 Å². The molecule has 7 nitrogen and oxygen atoms in total. The Morgan fingerprint density at radius 2 is 1.79 bits per heavy atom. The van der Waals surface area contributed by atoms with Gasteiger partial charge in [-0.05, 0) is 25.1 Å². The maximum atomic E-state index is 12.1. The van der Waals surface area contributed by atoms with E-state index in [4.69, 9.17) is 0 Å². The van der Waals surface area contributed by atoms with Crippen LogP contribution in [0, 0.1) is 6.92 Å². The zero-order valence-corrected chi connectivity index (χ0v) is 13.1. The summed E-state index contributed by atoms with van der Waals surface area (Å²) in [7, 11) is 0. The second-order valence-corrected chi connectivity index (χ2v) is 5.34. The largest absolute Gasteiger partial charge is 0.376 e. The Morgan fingerprint density at radius 1 is 1.04 bits per heavy atom.